The number of rotatable bonds is 5. The standard InChI is InChI=1S/C21H17N3O3/c1-15-7-10-18(14-22-15)20(25)24-23-13-16-8-11-19(12-9-16)27-21(26)17-5-3-2-4-6-17/h2-14H,1H3,(H,24,25). The molecule has 1 N–H and O–H groups in total. The van der Waals surface area contributed by atoms with Crippen molar-refractivity contribution < 1.29 is 14.3 Å². The normalized spacial score (nSPS) is 10.6. The third-order valence-corrected chi connectivity index (χ3v) is 3.65. The van der Waals surface area contributed by atoms with E-state index in [0.29, 0.717) is 16.9 Å². The van der Waals surface area contributed by atoms with Crippen LogP contribution in [-0.4, -0.2) is 23.1 Å². The van der Waals surface area contributed by atoms with Crippen LogP contribution in [0.2, 0.25) is 0 Å². The highest BCUT2D eigenvalue weighted by molar-refractivity contribution is 5.94. The number of esters is 1. The van der Waals surface area contributed by atoms with E-state index < -0.39 is 5.97 Å². The summed E-state index contributed by atoms with van der Waals surface area (Å²) in [5.41, 5.74) is 4.94. The Morgan fingerprint density at radius 2 is 1.70 bits per heavy atom. The van der Waals surface area contributed by atoms with Gasteiger partial charge in [0.2, 0.25) is 0 Å². The molecule has 0 saturated carbocycles. The van der Waals surface area contributed by atoms with Crippen molar-refractivity contribution in [1.29, 1.82) is 0 Å². The second-order valence-electron chi connectivity index (χ2n) is 5.71. The predicted octanol–water partition coefficient (Wildman–Crippen LogP) is 3.37. The molecule has 1 aromatic heterocycles. The number of aryl methyl sites for hydroxylation is 1. The predicted molar refractivity (Wildman–Crippen MR) is 102 cm³/mol. The number of pyridine rings is 1. The van der Waals surface area contributed by atoms with E-state index in [4.69, 9.17) is 4.74 Å². The van der Waals surface area contributed by atoms with Gasteiger partial charge in [-0.3, -0.25) is 9.78 Å². The summed E-state index contributed by atoms with van der Waals surface area (Å²) in [7, 11) is 0. The van der Waals surface area contributed by atoms with E-state index in [2.05, 4.69) is 15.5 Å². The molecule has 3 aromatic rings. The number of nitrogens with one attached hydrogen (secondary N) is 1. The summed E-state index contributed by atoms with van der Waals surface area (Å²) in [6.07, 6.45) is 3.00. The fraction of sp³-hybridized carbons (Fsp3) is 0.0476. The van der Waals surface area contributed by atoms with Gasteiger partial charge in [-0.2, -0.15) is 5.10 Å². The molecule has 3 rings (SSSR count). The summed E-state index contributed by atoms with van der Waals surface area (Å²) in [6, 6.07) is 19.0. The Morgan fingerprint density at radius 3 is 2.37 bits per heavy atom. The average molecular weight is 359 g/mol. The Labute approximate surface area is 156 Å². The molecule has 0 saturated heterocycles. The van der Waals surface area contributed by atoms with Crippen LogP contribution in [0.4, 0.5) is 0 Å². The van der Waals surface area contributed by atoms with Crippen molar-refractivity contribution in [3.63, 3.8) is 0 Å². The molecule has 0 atom stereocenters. The minimum Gasteiger partial charge on any atom is -0.423 e. The van der Waals surface area contributed by atoms with Crippen molar-refractivity contribution in [3.05, 3.63) is 95.3 Å². The molecule has 27 heavy (non-hydrogen) atoms. The zero-order valence-electron chi connectivity index (χ0n) is 14.6. The van der Waals surface area contributed by atoms with Gasteiger partial charge in [0, 0.05) is 11.9 Å². The number of hydrazone groups is 1. The Morgan fingerprint density at radius 1 is 0.963 bits per heavy atom. The van der Waals surface area contributed by atoms with Gasteiger partial charge in [-0.1, -0.05) is 18.2 Å². The topological polar surface area (TPSA) is 80.6 Å². The lowest BCUT2D eigenvalue weighted by atomic mass is 10.2. The molecular weight excluding hydrogens is 342 g/mol. The van der Waals surface area contributed by atoms with Gasteiger partial charge in [0.15, 0.2) is 0 Å². The van der Waals surface area contributed by atoms with E-state index >= 15 is 0 Å². The van der Waals surface area contributed by atoms with Crippen molar-refractivity contribution in [3.8, 4) is 5.75 Å². The van der Waals surface area contributed by atoms with Crippen LogP contribution in [0, 0.1) is 6.92 Å². The summed E-state index contributed by atoms with van der Waals surface area (Å²) in [6.45, 7) is 1.85. The average Bonchev–Trinajstić information content (AvgIpc) is 2.70. The highest BCUT2D eigenvalue weighted by Crippen LogP contribution is 2.13. The number of ether oxygens (including phenoxy) is 1. The molecule has 1 amide bonds. The lowest BCUT2D eigenvalue weighted by molar-refractivity contribution is 0.0734. The van der Waals surface area contributed by atoms with Gasteiger partial charge in [0.05, 0.1) is 17.3 Å². The van der Waals surface area contributed by atoms with E-state index in [1.807, 2.05) is 13.0 Å². The first-order valence-corrected chi connectivity index (χ1v) is 8.25. The summed E-state index contributed by atoms with van der Waals surface area (Å²) >= 11 is 0. The van der Waals surface area contributed by atoms with Gasteiger partial charge in [-0.15, -0.1) is 0 Å². The third-order valence-electron chi connectivity index (χ3n) is 3.65. The van der Waals surface area contributed by atoms with Gasteiger partial charge in [0.1, 0.15) is 5.75 Å². The number of hydrogen-bond donors (Lipinski definition) is 1. The molecular formula is C21H17N3O3. The van der Waals surface area contributed by atoms with Crippen LogP contribution >= 0.6 is 0 Å². The lowest BCUT2D eigenvalue weighted by Crippen LogP contribution is -2.17. The van der Waals surface area contributed by atoms with E-state index in [-0.39, 0.29) is 5.91 Å². The molecule has 0 aliphatic carbocycles. The van der Waals surface area contributed by atoms with Crippen molar-refractivity contribution in [2.45, 2.75) is 6.92 Å². The van der Waals surface area contributed by atoms with Crippen molar-refractivity contribution in [2.24, 2.45) is 5.10 Å². The van der Waals surface area contributed by atoms with E-state index in [9.17, 15) is 9.59 Å². The Balaban J connectivity index is 1.55. The van der Waals surface area contributed by atoms with Crippen molar-refractivity contribution in [1.82, 2.24) is 10.4 Å². The molecule has 2 aromatic carbocycles. The zero-order chi connectivity index (χ0) is 19.1. The van der Waals surface area contributed by atoms with Gasteiger partial charge < -0.3 is 4.74 Å². The number of hydrogen-bond acceptors (Lipinski definition) is 5. The Bertz CT molecular complexity index is 950. The number of benzene rings is 2. The third kappa shape index (κ3) is 5.09. The first kappa shape index (κ1) is 18.0. The van der Waals surface area contributed by atoms with Crippen LogP contribution in [-0.2, 0) is 0 Å². The fourth-order valence-electron chi connectivity index (χ4n) is 2.19. The molecule has 0 aliphatic heterocycles. The molecule has 0 bridgehead atoms. The van der Waals surface area contributed by atoms with Crippen LogP contribution in [0.25, 0.3) is 0 Å². The fourth-order valence-corrected chi connectivity index (χ4v) is 2.19. The zero-order valence-corrected chi connectivity index (χ0v) is 14.6. The monoisotopic (exact) mass is 359 g/mol. The van der Waals surface area contributed by atoms with Crippen LogP contribution in [0.1, 0.15) is 32.0 Å². The van der Waals surface area contributed by atoms with Gasteiger partial charge in [0.25, 0.3) is 5.91 Å². The number of nitrogens with zero attached hydrogens (tertiary/aromatic N) is 2. The van der Waals surface area contributed by atoms with E-state index in [1.54, 1.807) is 60.7 Å². The van der Waals surface area contributed by atoms with Crippen LogP contribution < -0.4 is 10.2 Å². The highest BCUT2D eigenvalue weighted by atomic mass is 16.5. The van der Waals surface area contributed by atoms with Crippen molar-refractivity contribution >= 4 is 18.1 Å². The number of carbonyl (C=O) groups excluding carboxylic acids is 2. The maximum atomic E-state index is 12.0. The Kier molecular flexibility index (Phi) is 5.69. The molecule has 6 heteroatoms. The SMILES string of the molecule is Cc1ccc(C(=O)NN=Cc2ccc(OC(=O)c3ccccc3)cc2)cn1. The second-order valence-corrected chi connectivity index (χ2v) is 5.71. The number of carbonyl (C=O) groups is 2. The minimum atomic E-state index is -0.420. The van der Waals surface area contributed by atoms with Crippen LogP contribution in [0.15, 0.2) is 78.0 Å². The summed E-state index contributed by atoms with van der Waals surface area (Å²) in [5, 5.41) is 3.92. The quantitative estimate of drug-likeness (QED) is 0.328. The summed E-state index contributed by atoms with van der Waals surface area (Å²) in [5.74, 6) is -0.334. The minimum absolute atomic E-state index is 0.341. The second kappa shape index (κ2) is 8.53. The molecule has 6 nitrogen and oxygen atoms in total. The lowest BCUT2D eigenvalue weighted by Gasteiger charge is -2.04. The summed E-state index contributed by atoms with van der Waals surface area (Å²) < 4.78 is 5.31. The molecule has 1 heterocycles. The van der Waals surface area contributed by atoms with Gasteiger partial charge in [-0.05, 0) is 61.0 Å². The molecule has 0 unspecified atom stereocenters. The maximum Gasteiger partial charge on any atom is 0.343 e. The van der Waals surface area contributed by atoms with E-state index in [0.717, 1.165) is 11.3 Å². The molecule has 134 valence electrons. The molecule has 0 spiro atoms. The number of aromatic nitrogens is 1. The van der Waals surface area contributed by atoms with E-state index in [1.165, 1.54) is 12.4 Å². The first-order valence-electron chi connectivity index (χ1n) is 8.25. The van der Waals surface area contributed by atoms with Gasteiger partial charge >= 0.3 is 5.97 Å². The maximum absolute atomic E-state index is 12.0. The largest absolute Gasteiger partial charge is 0.423 e. The molecule has 0 radical (unpaired) electrons. The molecule has 0 fully saturated rings. The summed E-state index contributed by atoms with van der Waals surface area (Å²) in [4.78, 5) is 28.0. The van der Waals surface area contributed by atoms with Crippen molar-refractivity contribution in [2.75, 3.05) is 0 Å². The highest BCUT2D eigenvalue weighted by Gasteiger charge is 2.07. The molecule has 0 aliphatic rings. The van der Waals surface area contributed by atoms with Crippen LogP contribution in [0.3, 0.4) is 0 Å². The first-order chi connectivity index (χ1) is 13.1. The Hall–Kier alpha value is -3.80. The van der Waals surface area contributed by atoms with Gasteiger partial charge in [-0.25, -0.2) is 10.2 Å². The smallest absolute Gasteiger partial charge is 0.343 e. The van der Waals surface area contributed by atoms with Crippen LogP contribution in [0.5, 0.6) is 5.75 Å². The number of amides is 1.